The lowest BCUT2D eigenvalue weighted by atomic mass is 10.2. The van der Waals surface area contributed by atoms with Gasteiger partial charge < -0.3 is 9.80 Å². The van der Waals surface area contributed by atoms with Crippen LogP contribution in [0.2, 0.25) is 0 Å². The van der Waals surface area contributed by atoms with E-state index in [9.17, 15) is 9.59 Å². The number of hydrogen-bond acceptors (Lipinski definition) is 2. The molecule has 6 heteroatoms. The number of likely N-dealkylation sites (N-methyl/N-ethyl adjacent to an activating group) is 2. The van der Waals surface area contributed by atoms with E-state index in [1.165, 1.54) is 0 Å². The molecule has 0 N–H and O–H groups in total. The number of carbonyl (C=O) groups is 2. The fourth-order valence-electron chi connectivity index (χ4n) is 3.17. The van der Waals surface area contributed by atoms with Crippen LogP contribution in [0.5, 0.6) is 0 Å². The summed E-state index contributed by atoms with van der Waals surface area (Å²) in [6, 6.07) is 0.295. The van der Waals surface area contributed by atoms with E-state index in [1.54, 1.807) is 23.9 Å². The molecule has 0 spiro atoms. The van der Waals surface area contributed by atoms with Crippen LogP contribution in [0.15, 0.2) is 0 Å². The van der Waals surface area contributed by atoms with Gasteiger partial charge in [-0.05, 0) is 26.7 Å². The summed E-state index contributed by atoms with van der Waals surface area (Å²) in [7, 11) is 3.59. The van der Waals surface area contributed by atoms with Crippen molar-refractivity contribution < 1.29 is 9.59 Å². The van der Waals surface area contributed by atoms with Gasteiger partial charge in [0.2, 0.25) is 0 Å². The van der Waals surface area contributed by atoms with E-state index in [-0.39, 0.29) is 36.5 Å². The van der Waals surface area contributed by atoms with Crippen molar-refractivity contribution in [2.75, 3.05) is 14.1 Å². The second-order valence-electron chi connectivity index (χ2n) is 5.94. The Bertz CT molecular complexity index is 376. The number of rotatable bonds is 4. The van der Waals surface area contributed by atoms with Crippen LogP contribution in [0.1, 0.15) is 40.5 Å². The minimum atomic E-state index is -0.177. The van der Waals surface area contributed by atoms with Gasteiger partial charge in [-0.15, -0.1) is 0 Å². The molecule has 2 heterocycles. The lowest BCUT2D eigenvalue weighted by molar-refractivity contribution is 0.108. The van der Waals surface area contributed by atoms with Crippen molar-refractivity contribution in [2.45, 2.75) is 65.0 Å². The summed E-state index contributed by atoms with van der Waals surface area (Å²) >= 11 is 0. The molecule has 3 unspecified atom stereocenters. The molecule has 114 valence electrons. The van der Waals surface area contributed by atoms with Crippen molar-refractivity contribution >= 4 is 12.1 Å². The summed E-state index contributed by atoms with van der Waals surface area (Å²) in [5.74, 6) is 0. The monoisotopic (exact) mass is 282 g/mol. The van der Waals surface area contributed by atoms with E-state index in [1.807, 2.05) is 23.6 Å². The molecule has 0 saturated carbocycles. The van der Waals surface area contributed by atoms with Crippen LogP contribution >= 0.6 is 0 Å². The predicted molar refractivity (Wildman–Crippen MR) is 77.1 cm³/mol. The van der Waals surface area contributed by atoms with E-state index in [4.69, 9.17) is 0 Å². The molecule has 6 nitrogen and oxygen atoms in total. The van der Waals surface area contributed by atoms with Crippen molar-refractivity contribution in [3.8, 4) is 0 Å². The normalized spacial score (nSPS) is 29.3. The minimum Gasteiger partial charge on any atom is -0.303 e. The molecule has 2 aliphatic heterocycles. The van der Waals surface area contributed by atoms with Gasteiger partial charge in [0.1, 0.15) is 12.3 Å². The molecule has 0 aromatic rings. The van der Waals surface area contributed by atoms with Crippen LogP contribution in [-0.4, -0.2) is 70.2 Å². The van der Waals surface area contributed by atoms with Gasteiger partial charge in [0.15, 0.2) is 0 Å². The number of fused-ring (bicyclic) bond motifs is 1. The van der Waals surface area contributed by atoms with Gasteiger partial charge in [-0.1, -0.05) is 13.8 Å². The highest BCUT2D eigenvalue weighted by Gasteiger charge is 2.58. The zero-order valence-electron chi connectivity index (χ0n) is 13.3. The maximum absolute atomic E-state index is 12.5. The van der Waals surface area contributed by atoms with Crippen molar-refractivity contribution in [3.63, 3.8) is 0 Å². The topological polar surface area (TPSA) is 47.1 Å². The molecule has 4 atom stereocenters. The van der Waals surface area contributed by atoms with Crippen molar-refractivity contribution in [2.24, 2.45) is 0 Å². The van der Waals surface area contributed by atoms with Crippen LogP contribution in [0.4, 0.5) is 9.59 Å². The third kappa shape index (κ3) is 1.84. The largest absolute Gasteiger partial charge is 0.323 e. The van der Waals surface area contributed by atoms with Gasteiger partial charge in [0.05, 0.1) is 0 Å². The van der Waals surface area contributed by atoms with E-state index in [2.05, 4.69) is 13.8 Å². The van der Waals surface area contributed by atoms with Gasteiger partial charge in [0.25, 0.3) is 0 Å². The Morgan fingerprint density at radius 1 is 0.850 bits per heavy atom. The molecule has 2 saturated heterocycles. The molecule has 2 fully saturated rings. The molecule has 4 amide bonds. The SMILES string of the molecule is CCC(C)N1C(=O)N(C)[C@@H]2C1N(C)C(=O)N2C(C)CC. The van der Waals surface area contributed by atoms with Gasteiger partial charge in [-0.3, -0.25) is 9.80 Å². The second kappa shape index (κ2) is 5.14. The van der Waals surface area contributed by atoms with E-state index >= 15 is 0 Å². The van der Waals surface area contributed by atoms with Crippen LogP contribution in [0.3, 0.4) is 0 Å². The van der Waals surface area contributed by atoms with Crippen molar-refractivity contribution in [1.82, 2.24) is 19.6 Å². The molecular weight excluding hydrogens is 256 g/mol. The summed E-state index contributed by atoms with van der Waals surface area (Å²) in [6.45, 7) is 8.21. The average Bonchev–Trinajstić information content (AvgIpc) is 2.84. The van der Waals surface area contributed by atoms with Crippen molar-refractivity contribution in [3.05, 3.63) is 0 Å². The van der Waals surface area contributed by atoms with E-state index < -0.39 is 0 Å². The minimum absolute atomic E-state index is 0.0157. The molecule has 0 aliphatic carbocycles. The van der Waals surface area contributed by atoms with Crippen LogP contribution in [-0.2, 0) is 0 Å². The molecule has 2 rings (SSSR count). The van der Waals surface area contributed by atoms with E-state index in [0.29, 0.717) is 0 Å². The summed E-state index contributed by atoms with van der Waals surface area (Å²) in [4.78, 5) is 32.2. The zero-order valence-corrected chi connectivity index (χ0v) is 13.3. The number of nitrogens with zero attached hydrogens (tertiary/aromatic N) is 4. The standard InChI is InChI=1S/C14H26N4O2/c1-7-9(3)17-11-12(16(6)13(17)19)18(10(4)8-2)14(20)15(11)5/h9-12H,7-8H2,1-6H3/t9?,10?,11-,12?/m0/s1. The molecule has 20 heavy (non-hydrogen) atoms. The third-order valence-electron chi connectivity index (χ3n) is 4.81. The quantitative estimate of drug-likeness (QED) is 0.791. The first-order chi connectivity index (χ1) is 9.36. The molecule has 0 bridgehead atoms. The van der Waals surface area contributed by atoms with Crippen LogP contribution in [0, 0.1) is 0 Å². The Balaban J connectivity index is 2.40. The lowest BCUT2D eigenvalue weighted by Gasteiger charge is -2.31. The first kappa shape index (κ1) is 14.9. The molecule has 0 radical (unpaired) electrons. The van der Waals surface area contributed by atoms with Crippen LogP contribution in [0.25, 0.3) is 0 Å². The maximum Gasteiger partial charge on any atom is 0.323 e. The Morgan fingerprint density at radius 2 is 1.15 bits per heavy atom. The molecule has 2 aliphatic rings. The fourth-order valence-corrected chi connectivity index (χ4v) is 3.17. The summed E-state index contributed by atoms with van der Waals surface area (Å²) in [5.41, 5.74) is 0. The Kier molecular flexibility index (Phi) is 3.84. The fraction of sp³-hybridized carbons (Fsp3) is 0.857. The van der Waals surface area contributed by atoms with Gasteiger partial charge in [0, 0.05) is 26.2 Å². The summed E-state index contributed by atoms with van der Waals surface area (Å²) in [6.07, 6.45) is 1.41. The zero-order chi connectivity index (χ0) is 15.2. The third-order valence-corrected chi connectivity index (χ3v) is 4.81. The maximum atomic E-state index is 12.5. The van der Waals surface area contributed by atoms with Crippen molar-refractivity contribution in [1.29, 1.82) is 0 Å². The van der Waals surface area contributed by atoms with Gasteiger partial charge in [-0.2, -0.15) is 0 Å². The number of hydrogen-bond donors (Lipinski definition) is 0. The highest BCUT2D eigenvalue weighted by atomic mass is 16.2. The highest BCUT2D eigenvalue weighted by molar-refractivity contribution is 5.85. The van der Waals surface area contributed by atoms with Crippen LogP contribution < -0.4 is 0 Å². The van der Waals surface area contributed by atoms with Gasteiger partial charge in [-0.25, -0.2) is 9.59 Å². The second-order valence-corrected chi connectivity index (χ2v) is 5.94. The predicted octanol–water partition coefficient (Wildman–Crippen LogP) is 1.97. The highest BCUT2D eigenvalue weighted by Crippen LogP contribution is 2.36. The number of carbonyl (C=O) groups excluding carboxylic acids is 2. The van der Waals surface area contributed by atoms with E-state index in [0.717, 1.165) is 12.8 Å². The summed E-state index contributed by atoms with van der Waals surface area (Å²) in [5, 5.41) is 0. The average molecular weight is 282 g/mol. The Labute approximate surface area is 121 Å². The first-order valence-electron chi connectivity index (χ1n) is 7.47. The smallest absolute Gasteiger partial charge is 0.303 e. The lowest BCUT2D eigenvalue weighted by Crippen LogP contribution is -2.48. The number of amides is 4. The molecular formula is C14H26N4O2. The number of urea groups is 2. The molecule has 0 aromatic heterocycles. The molecule has 0 aromatic carbocycles. The summed E-state index contributed by atoms with van der Waals surface area (Å²) < 4.78 is 0. The first-order valence-corrected chi connectivity index (χ1v) is 7.47. The Hall–Kier alpha value is -1.46. The Morgan fingerprint density at radius 3 is 1.40 bits per heavy atom. The van der Waals surface area contributed by atoms with Gasteiger partial charge >= 0.3 is 12.1 Å².